The van der Waals surface area contributed by atoms with Crippen LogP contribution in [0.15, 0.2) is 36.6 Å². The molecule has 1 N–H and O–H groups in total. The van der Waals surface area contributed by atoms with Crippen molar-refractivity contribution >= 4 is 0 Å². The van der Waals surface area contributed by atoms with Crippen LogP contribution in [0.4, 0.5) is 0 Å². The molecule has 0 unspecified atom stereocenters. The minimum Gasteiger partial charge on any atom is -0.512 e. The summed E-state index contributed by atoms with van der Waals surface area (Å²) in [5, 5.41) is 8.86. The maximum absolute atomic E-state index is 8.86. The second kappa shape index (κ2) is 5.16. The Balaban J connectivity index is 3.67. The summed E-state index contributed by atoms with van der Waals surface area (Å²) in [5.41, 5.74) is 0. The first-order chi connectivity index (χ1) is 4.31. The first kappa shape index (κ1) is 8.02. The predicted molar refractivity (Wildman–Crippen MR) is 40.3 cm³/mol. The third-order valence-electron chi connectivity index (χ3n) is 0.898. The van der Waals surface area contributed by atoms with Crippen LogP contribution in [0, 0.1) is 0 Å². The molecule has 0 bridgehead atoms. The molecular weight excluding hydrogens is 112 g/mol. The van der Waals surface area contributed by atoms with Gasteiger partial charge in [-0.05, 0) is 6.08 Å². The highest BCUT2D eigenvalue weighted by Gasteiger charge is 1.79. The van der Waals surface area contributed by atoms with E-state index < -0.39 is 0 Å². The lowest BCUT2D eigenvalue weighted by atomic mass is 10.3. The smallest absolute Gasteiger partial charge is 0.0919 e. The number of hydrogen-bond donors (Lipinski definition) is 1. The van der Waals surface area contributed by atoms with E-state index in [-0.39, 0.29) is 0 Å². The molecule has 0 aromatic heterocycles. The van der Waals surface area contributed by atoms with E-state index in [1.54, 1.807) is 24.3 Å². The highest BCUT2D eigenvalue weighted by molar-refractivity contribution is 5.11. The van der Waals surface area contributed by atoms with Crippen molar-refractivity contribution in [2.75, 3.05) is 0 Å². The molecule has 0 aromatic carbocycles. The van der Waals surface area contributed by atoms with Gasteiger partial charge in [0.2, 0.25) is 0 Å². The van der Waals surface area contributed by atoms with Crippen LogP contribution in [-0.4, -0.2) is 5.11 Å². The molecular formula is C8H12O. The summed E-state index contributed by atoms with van der Waals surface area (Å²) < 4.78 is 0. The van der Waals surface area contributed by atoms with Crippen molar-refractivity contribution in [3.63, 3.8) is 0 Å². The van der Waals surface area contributed by atoms with Crippen LogP contribution in [0.1, 0.15) is 13.3 Å². The Bertz CT molecular complexity index is 132. The Morgan fingerprint density at radius 3 is 2.67 bits per heavy atom. The van der Waals surface area contributed by atoms with Crippen molar-refractivity contribution in [3.8, 4) is 0 Å². The molecule has 0 radical (unpaired) electrons. The number of hydrogen-bond acceptors (Lipinski definition) is 1. The van der Waals surface area contributed by atoms with Gasteiger partial charge in [-0.2, -0.15) is 0 Å². The molecule has 50 valence electrons. The summed E-state index contributed by atoms with van der Waals surface area (Å²) in [4.78, 5) is 0. The lowest BCUT2D eigenvalue weighted by molar-refractivity contribution is 0.395. The molecule has 0 aliphatic rings. The third kappa shape index (κ3) is 4.88. The highest BCUT2D eigenvalue weighted by Crippen LogP contribution is 1.93. The van der Waals surface area contributed by atoms with Gasteiger partial charge < -0.3 is 5.11 Å². The number of rotatable bonds is 3. The zero-order valence-corrected chi connectivity index (χ0v) is 5.67. The van der Waals surface area contributed by atoms with Crippen molar-refractivity contribution in [3.05, 3.63) is 36.6 Å². The van der Waals surface area contributed by atoms with Gasteiger partial charge in [0.25, 0.3) is 0 Å². The molecule has 0 rings (SSSR count). The molecule has 0 spiro atoms. The fraction of sp³-hybridized carbons (Fsp3) is 0.250. The van der Waals surface area contributed by atoms with E-state index >= 15 is 0 Å². The van der Waals surface area contributed by atoms with Gasteiger partial charge in [-0.1, -0.05) is 31.7 Å². The molecule has 0 fully saturated rings. The molecule has 0 heterocycles. The Morgan fingerprint density at radius 1 is 1.56 bits per heavy atom. The van der Waals surface area contributed by atoms with Crippen molar-refractivity contribution in [2.45, 2.75) is 13.3 Å². The van der Waals surface area contributed by atoms with Crippen molar-refractivity contribution in [1.29, 1.82) is 0 Å². The van der Waals surface area contributed by atoms with Gasteiger partial charge in [0.05, 0.1) is 5.76 Å². The second-order valence-corrected chi connectivity index (χ2v) is 1.63. The lowest BCUT2D eigenvalue weighted by Crippen LogP contribution is -1.72. The van der Waals surface area contributed by atoms with E-state index in [1.165, 1.54) is 0 Å². The standard InChI is InChI=1S/C8H12O/c1-3-5-6-7-8(9)4-2/h3,5-7,9H,1,4H2,2H3/b6-5+,8-7+. The summed E-state index contributed by atoms with van der Waals surface area (Å²) in [6, 6.07) is 0. The molecule has 1 nitrogen and oxygen atoms in total. The topological polar surface area (TPSA) is 20.2 Å². The largest absolute Gasteiger partial charge is 0.512 e. The van der Waals surface area contributed by atoms with Crippen molar-refractivity contribution in [2.24, 2.45) is 0 Å². The van der Waals surface area contributed by atoms with Crippen molar-refractivity contribution in [1.82, 2.24) is 0 Å². The molecule has 0 aromatic rings. The maximum Gasteiger partial charge on any atom is 0.0919 e. The fourth-order valence-electron chi connectivity index (χ4n) is 0.363. The maximum atomic E-state index is 8.86. The molecule has 0 atom stereocenters. The minimum atomic E-state index is 0.396. The van der Waals surface area contributed by atoms with E-state index in [9.17, 15) is 0 Å². The van der Waals surface area contributed by atoms with Gasteiger partial charge in [-0.15, -0.1) is 0 Å². The van der Waals surface area contributed by atoms with Crippen LogP contribution in [0.3, 0.4) is 0 Å². The van der Waals surface area contributed by atoms with Crippen LogP contribution in [-0.2, 0) is 0 Å². The quantitative estimate of drug-likeness (QED) is 0.453. The summed E-state index contributed by atoms with van der Waals surface area (Å²) in [5.74, 6) is 0.396. The number of aliphatic hydroxyl groups excluding tert-OH is 1. The Labute approximate surface area is 56.0 Å². The van der Waals surface area contributed by atoms with Crippen LogP contribution >= 0.6 is 0 Å². The monoisotopic (exact) mass is 124 g/mol. The van der Waals surface area contributed by atoms with Gasteiger partial charge in [-0.25, -0.2) is 0 Å². The van der Waals surface area contributed by atoms with Gasteiger partial charge in [0.15, 0.2) is 0 Å². The van der Waals surface area contributed by atoms with E-state index in [4.69, 9.17) is 5.11 Å². The van der Waals surface area contributed by atoms with Crippen molar-refractivity contribution < 1.29 is 5.11 Å². The average molecular weight is 124 g/mol. The summed E-state index contributed by atoms with van der Waals surface area (Å²) >= 11 is 0. The molecule has 0 amide bonds. The Morgan fingerprint density at radius 2 is 2.22 bits per heavy atom. The number of allylic oxidation sites excluding steroid dienone is 5. The van der Waals surface area contributed by atoms with Crippen LogP contribution < -0.4 is 0 Å². The SMILES string of the molecule is C=C/C=C/C=C(/O)CC. The van der Waals surface area contributed by atoms with E-state index in [0.29, 0.717) is 12.2 Å². The fourth-order valence-corrected chi connectivity index (χ4v) is 0.363. The van der Waals surface area contributed by atoms with Gasteiger partial charge in [-0.3, -0.25) is 0 Å². The lowest BCUT2D eigenvalue weighted by Gasteiger charge is -1.86. The first-order valence-electron chi connectivity index (χ1n) is 2.98. The molecule has 9 heavy (non-hydrogen) atoms. The summed E-state index contributed by atoms with van der Waals surface area (Å²) in [7, 11) is 0. The van der Waals surface area contributed by atoms with Gasteiger partial charge in [0, 0.05) is 6.42 Å². The molecule has 0 saturated carbocycles. The van der Waals surface area contributed by atoms with Crippen LogP contribution in [0.5, 0.6) is 0 Å². The predicted octanol–water partition coefficient (Wildman–Crippen LogP) is 2.58. The van der Waals surface area contributed by atoms with E-state index in [1.807, 2.05) is 6.92 Å². The summed E-state index contributed by atoms with van der Waals surface area (Å²) in [6.07, 6.45) is 7.53. The van der Waals surface area contributed by atoms with Crippen LogP contribution in [0.25, 0.3) is 0 Å². The van der Waals surface area contributed by atoms with Gasteiger partial charge in [0.1, 0.15) is 0 Å². The first-order valence-corrected chi connectivity index (χ1v) is 2.98. The van der Waals surface area contributed by atoms with E-state index in [2.05, 4.69) is 6.58 Å². The third-order valence-corrected chi connectivity index (χ3v) is 0.898. The molecule has 0 aliphatic carbocycles. The Kier molecular flexibility index (Phi) is 4.60. The molecule has 0 saturated heterocycles. The van der Waals surface area contributed by atoms with Crippen LogP contribution in [0.2, 0.25) is 0 Å². The highest BCUT2D eigenvalue weighted by atomic mass is 16.3. The molecule has 1 heteroatoms. The number of aliphatic hydroxyl groups is 1. The zero-order chi connectivity index (χ0) is 7.11. The van der Waals surface area contributed by atoms with Gasteiger partial charge >= 0.3 is 0 Å². The average Bonchev–Trinajstić information content (AvgIpc) is 1.89. The summed E-state index contributed by atoms with van der Waals surface area (Å²) in [6.45, 7) is 5.38. The molecule has 0 aliphatic heterocycles. The normalized spacial score (nSPS) is 12.3. The minimum absolute atomic E-state index is 0.396. The second-order valence-electron chi connectivity index (χ2n) is 1.63. The van der Waals surface area contributed by atoms with E-state index in [0.717, 1.165) is 0 Å². The Hall–Kier alpha value is -0.980. The zero-order valence-electron chi connectivity index (χ0n) is 5.67.